The lowest BCUT2D eigenvalue weighted by Crippen LogP contribution is -2.40. The molecule has 1 amide bonds. The van der Waals surface area contributed by atoms with Crippen LogP contribution in [0, 0.1) is 23.3 Å². The van der Waals surface area contributed by atoms with Crippen molar-refractivity contribution in [3.8, 4) is 0 Å². The molecule has 0 radical (unpaired) electrons. The smallest absolute Gasteiger partial charge is 0.253 e. The van der Waals surface area contributed by atoms with E-state index in [1.807, 2.05) is 55.1 Å². The van der Waals surface area contributed by atoms with Crippen LogP contribution < -0.4 is 0 Å². The van der Waals surface area contributed by atoms with Gasteiger partial charge in [-0.05, 0) is 79.1 Å². The number of carbonyl (C=O) groups excluding carboxylic acids is 2. The first-order valence-corrected chi connectivity index (χ1v) is 9.70. The van der Waals surface area contributed by atoms with Crippen molar-refractivity contribution in [1.29, 1.82) is 0 Å². The second-order valence-corrected chi connectivity index (χ2v) is 8.00. The van der Waals surface area contributed by atoms with Crippen LogP contribution in [0.25, 0.3) is 0 Å². The topological polar surface area (TPSA) is 37.4 Å². The first kappa shape index (κ1) is 18.1. The molecule has 3 nitrogen and oxygen atoms in total. The van der Waals surface area contributed by atoms with Crippen LogP contribution in [0.4, 0.5) is 0 Å². The van der Waals surface area contributed by atoms with E-state index >= 15 is 0 Å². The SMILES string of the molecule is Cc1ccc(C(=O)C2CCN(C(=O)c3ccc(I)cc3)CC2)c(C)c1. The maximum atomic E-state index is 12.8. The zero-order valence-corrected chi connectivity index (χ0v) is 16.7. The molecule has 0 aromatic heterocycles. The minimum absolute atomic E-state index is 0.0159. The molecule has 25 heavy (non-hydrogen) atoms. The van der Waals surface area contributed by atoms with E-state index in [1.54, 1.807) is 0 Å². The highest BCUT2D eigenvalue weighted by Crippen LogP contribution is 2.25. The Kier molecular flexibility index (Phi) is 5.57. The maximum Gasteiger partial charge on any atom is 0.253 e. The summed E-state index contributed by atoms with van der Waals surface area (Å²) in [6.45, 7) is 5.32. The van der Waals surface area contributed by atoms with Gasteiger partial charge in [0.05, 0.1) is 0 Å². The van der Waals surface area contributed by atoms with E-state index in [1.165, 1.54) is 5.56 Å². The van der Waals surface area contributed by atoms with Gasteiger partial charge in [-0.2, -0.15) is 0 Å². The van der Waals surface area contributed by atoms with Gasteiger partial charge in [-0.3, -0.25) is 9.59 Å². The first-order chi connectivity index (χ1) is 12.0. The lowest BCUT2D eigenvalue weighted by atomic mass is 9.87. The number of likely N-dealkylation sites (tertiary alicyclic amines) is 1. The Hall–Kier alpha value is -1.69. The highest BCUT2D eigenvalue weighted by Gasteiger charge is 2.29. The van der Waals surface area contributed by atoms with Gasteiger partial charge in [0.1, 0.15) is 0 Å². The molecular weight excluding hydrogens is 425 g/mol. The molecule has 0 unspecified atom stereocenters. The Morgan fingerprint density at radius 3 is 2.24 bits per heavy atom. The third-order valence-corrected chi connectivity index (χ3v) is 5.61. The first-order valence-electron chi connectivity index (χ1n) is 8.62. The Morgan fingerprint density at radius 2 is 1.64 bits per heavy atom. The van der Waals surface area contributed by atoms with Crippen LogP contribution in [0.3, 0.4) is 0 Å². The predicted molar refractivity (Wildman–Crippen MR) is 108 cm³/mol. The van der Waals surface area contributed by atoms with Crippen LogP contribution in [0.5, 0.6) is 0 Å². The van der Waals surface area contributed by atoms with E-state index in [9.17, 15) is 9.59 Å². The van der Waals surface area contributed by atoms with Crippen molar-refractivity contribution >= 4 is 34.3 Å². The summed E-state index contributed by atoms with van der Waals surface area (Å²) in [5.74, 6) is 0.301. The molecular formula is C21H22INO2. The Balaban J connectivity index is 1.64. The molecule has 0 atom stereocenters. The third-order valence-electron chi connectivity index (χ3n) is 4.89. The Bertz CT molecular complexity index is 790. The molecule has 0 aliphatic carbocycles. The molecule has 1 aliphatic rings. The van der Waals surface area contributed by atoms with Gasteiger partial charge in [0.15, 0.2) is 5.78 Å². The van der Waals surface area contributed by atoms with Gasteiger partial charge in [-0.15, -0.1) is 0 Å². The predicted octanol–water partition coefficient (Wildman–Crippen LogP) is 4.64. The summed E-state index contributed by atoms with van der Waals surface area (Å²) in [4.78, 5) is 27.3. The highest BCUT2D eigenvalue weighted by molar-refractivity contribution is 14.1. The van der Waals surface area contributed by atoms with E-state index in [0.717, 1.165) is 33.1 Å². The van der Waals surface area contributed by atoms with E-state index in [4.69, 9.17) is 0 Å². The average molecular weight is 447 g/mol. The standard InChI is InChI=1S/C21H22INO2/c1-14-3-8-19(15(2)13-14)20(24)16-9-11-23(12-10-16)21(25)17-4-6-18(22)7-5-17/h3-8,13,16H,9-12H2,1-2H3. The van der Waals surface area contributed by atoms with Crippen molar-refractivity contribution in [3.05, 3.63) is 68.3 Å². The van der Waals surface area contributed by atoms with Gasteiger partial charge >= 0.3 is 0 Å². The monoisotopic (exact) mass is 447 g/mol. The summed E-state index contributed by atoms with van der Waals surface area (Å²) >= 11 is 2.23. The molecule has 0 spiro atoms. The summed E-state index contributed by atoms with van der Waals surface area (Å²) in [7, 11) is 0. The molecule has 1 saturated heterocycles. The molecule has 4 heteroatoms. The van der Waals surface area contributed by atoms with Gasteiger partial charge in [0, 0.05) is 33.7 Å². The summed E-state index contributed by atoms with van der Waals surface area (Å²) in [5, 5.41) is 0. The molecule has 2 aromatic carbocycles. The molecule has 1 heterocycles. The van der Waals surface area contributed by atoms with E-state index in [2.05, 4.69) is 28.7 Å². The zero-order valence-electron chi connectivity index (χ0n) is 14.6. The molecule has 0 N–H and O–H groups in total. The Morgan fingerprint density at radius 1 is 1.00 bits per heavy atom. The minimum atomic E-state index is 0.0159. The summed E-state index contributed by atoms with van der Waals surface area (Å²) in [5.41, 5.74) is 3.77. The van der Waals surface area contributed by atoms with Gasteiger partial charge in [0.2, 0.25) is 0 Å². The average Bonchev–Trinajstić information content (AvgIpc) is 2.61. The number of amides is 1. The van der Waals surface area contributed by atoms with Crippen LogP contribution in [-0.4, -0.2) is 29.7 Å². The summed E-state index contributed by atoms with van der Waals surface area (Å²) in [6, 6.07) is 13.6. The Labute approximate surface area is 162 Å². The molecule has 1 aliphatic heterocycles. The van der Waals surface area contributed by atoms with Crippen molar-refractivity contribution in [2.45, 2.75) is 26.7 Å². The fourth-order valence-electron chi connectivity index (χ4n) is 3.43. The maximum absolute atomic E-state index is 12.8. The van der Waals surface area contributed by atoms with E-state index < -0.39 is 0 Å². The lowest BCUT2D eigenvalue weighted by Gasteiger charge is -2.31. The van der Waals surface area contributed by atoms with Crippen molar-refractivity contribution < 1.29 is 9.59 Å². The molecule has 1 fully saturated rings. The second-order valence-electron chi connectivity index (χ2n) is 6.76. The second kappa shape index (κ2) is 7.68. The number of carbonyl (C=O) groups is 2. The van der Waals surface area contributed by atoms with Crippen molar-refractivity contribution in [2.24, 2.45) is 5.92 Å². The minimum Gasteiger partial charge on any atom is -0.339 e. The largest absolute Gasteiger partial charge is 0.339 e. The molecule has 0 saturated carbocycles. The number of Topliss-reactive ketones (excluding diaryl/α,β-unsaturated/α-hetero) is 1. The number of ketones is 1. The van der Waals surface area contributed by atoms with Gasteiger partial charge in [-0.1, -0.05) is 23.8 Å². The van der Waals surface area contributed by atoms with Crippen LogP contribution in [0.1, 0.15) is 44.7 Å². The molecule has 0 bridgehead atoms. The molecule has 3 rings (SSSR count). The number of halogens is 1. The fourth-order valence-corrected chi connectivity index (χ4v) is 3.79. The van der Waals surface area contributed by atoms with Gasteiger partial charge in [-0.25, -0.2) is 0 Å². The number of benzene rings is 2. The normalized spacial score (nSPS) is 15.2. The molecule has 2 aromatic rings. The summed E-state index contributed by atoms with van der Waals surface area (Å²) < 4.78 is 1.12. The van der Waals surface area contributed by atoms with Crippen LogP contribution >= 0.6 is 22.6 Å². The number of piperidine rings is 1. The third kappa shape index (κ3) is 4.11. The number of hydrogen-bond donors (Lipinski definition) is 0. The quantitative estimate of drug-likeness (QED) is 0.508. The van der Waals surface area contributed by atoms with Gasteiger partial charge in [0.25, 0.3) is 5.91 Å². The highest BCUT2D eigenvalue weighted by atomic mass is 127. The lowest BCUT2D eigenvalue weighted by molar-refractivity contribution is 0.0650. The van der Waals surface area contributed by atoms with Crippen molar-refractivity contribution in [1.82, 2.24) is 4.90 Å². The van der Waals surface area contributed by atoms with Gasteiger partial charge < -0.3 is 4.90 Å². The van der Waals surface area contributed by atoms with Crippen LogP contribution in [0.15, 0.2) is 42.5 Å². The van der Waals surface area contributed by atoms with E-state index in [-0.39, 0.29) is 17.6 Å². The zero-order chi connectivity index (χ0) is 18.0. The summed E-state index contributed by atoms with van der Waals surface area (Å²) in [6.07, 6.45) is 1.48. The van der Waals surface area contributed by atoms with E-state index in [0.29, 0.717) is 13.1 Å². The van der Waals surface area contributed by atoms with Crippen LogP contribution in [-0.2, 0) is 0 Å². The fraction of sp³-hybridized carbons (Fsp3) is 0.333. The number of nitrogens with zero attached hydrogens (tertiary/aromatic N) is 1. The van der Waals surface area contributed by atoms with Crippen molar-refractivity contribution in [3.63, 3.8) is 0 Å². The molecule has 130 valence electrons. The van der Waals surface area contributed by atoms with Crippen LogP contribution in [0.2, 0.25) is 0 Å². The van der Waals surface area contributed by atoms with Crippen molar-refractivity contribution in [2.75, 3.05) is 13.1 Å². The number of rotatable bonds is 3. The number of aryl methyl sites for hydroxylation is 2. The number of hydrogen-bond acceptors (Lipinski definition) is 2.